The Kier molecular flexibility index (Phi) is 3.31. The average Bonchev–Trinajstić information content (AvgIpc) is 2.82. The van der Waals surface area contributed by atoms with E-state index in [-0.39, 0.29) is 11.9 Å². The van der Waals surface area contributed by atoms with Crippen LogP contribution in [-0.2, 0) is 16.1 Å². The zero-order valence-corrected chi connectivity index (χ0v) is 11.5. The van der Waals surface area contributed by atoms with Crippen LogP contribution in [0.1, 0.15) is 18.8 Å². The molecule has 0 aliphatic carbocycles. The molecule has 0 bridgehead atoms. The summed E-state index contributed by atoms with van der Waals surface area (Å²) in [6.07, 6.45) is 0. The van der Waals surface area contributed by atoms with Gasteiger partial charge in [-0.2, -0.15) is 0 Å². The molecule has 0 fully saturated rings. The maximum absolute atomic E-state index is 11.1. The number of amides is 1. The van der Waals surface area contributed by atoms with Crippen LogP contribution in [0.15, 0.2) is 18.2 Å². The summed E-state index contributed by atoms with van der Waals surface area (Å²) in [6.45, 7) is 3.12. The van der Waals surface area contributed by atoms with Gasteiger partial charge in [0.15, 0.2) is 0 Å². The molecule has 6 nitrogen and oxygen atoms in total. The van der Waals surface area contributed by atoms with Crippen LogP contribution in [-0.4, -0.2) is 35.7 Å². The van der Waals surface area contributed by atoms with Crippen LogP contribution in [0.3, 0.4) is 0 Å². The Morgan fingerprint density at radius 3 is 3.20 bits per heavy atom. The first kappa shape index (κ1) is 12.9. The fourth-order valence-corrected chi connectivity index (χ4v) is 2.54. The molecule has 1 N–H and O–H groups in total. The second-order valence-corrected chi connectivity index (χ2v) is 4.86. The number of methoxy groups -OCH3 is 1. The highest BCUT2D eigenvalue weighted by molar-refractivity contribution is 5.78. The van der Waals surface area contributed by atoms with Crippen molar-refractivity contribution in [2.75, 3.05) is 20.3 Å². The van der Waals surface area contributed by atoms with Gasteiger partial charge in [-0.25, -0.2) is 4.98 Å². The molecule has 1 unspecified atom stereocenters. The van der Waals surface area contributed by atoms with Crippen LogP contribution in [0.4, 0.5) is 0 Å². The van der Waals surface area contributed by atoms with E-state index in [4.69, 9.17) is 9.47 Å². The maximum Gasteiger partial charge on any atom is 0.216 e. The Morgan fingerprint density at radius 2 is 2.45 bits per heavy atom. The van der Waals surface area contributed by atoms with E-state index in [1.807, 2.05) is 18.2 Å². The van der Waals surface area contributed by atoms with Crippen molar-refractivity contribution in [1.82, 2.24) is 14.9 Å². The largest absolute Gasteiger partial charge is 0.497 e. The van der Waals surface area contributed by atoms with Gasteiger partial charge in [0.2, 0.25) is 5.91 Å². The van der Waals surface area contributed by atoms with Crippen molar-refractivity contribution in [2.45, 2.75) is 19.6 Å². The third kappa shape index (κ3) is 2.22. The van der Waals surface area contributed by atoms with E-state index in [2.05, 4.69) is 14.9 Å². The molecule has 2 aromatic rings. The van der Waals surface area contributed by atoms with Crippen LogP contribution in [0.25, 0.3) is 11.0 Å². The number of carbonyl (C=O) groups excluding carboxylic acids is 1. The summed E-state index contributed by atoms with van der Waals surface area (Å²) in [6, 6.07) is 5.90. The number of carbonyl (C=O) groups is 1. The van der Waals surface area contributed by atoms with Gasteiger partial charge in [0, 0.05) is 19.5 Å². The Bertz CT molecular complexity index is 650. The highest BCUT2D eigenvalue weighted by Crippen LogP contribution is 2.28. The van der Waals surface area contributed by atoms with E-state index >= 15 is 0 Å². The topological polar surface area (TPSA) is 65.4 Å². The lowest BCUT2D eigenvalue weighted by atomic mass is 10.2. The van der Waals surface area contributed by atoms with Crippen molar-refractivity contribution in [2.24, 2.45) is 0 Å². The Hall–Kier alpha value is -2.08. The summed E-state index contributed by atoms with van der Waals surface area (Å²) >= 11 is 0. The van der Waals surface area contributed by atoms with Gasteiger partial charge in [-0.05, 0) is 12.1 Å². The van der Waals surface area contributed by atoms with Gasteiger partial charge in [-0.1, -0.05) is 0 Å². The Morgan fingerprint density at radius 1 is 1.60 bits per heavy atom. The van der Waals surface area contributed by atoms with Crippen molar-refractivity contribution in [3.63, 3.8) is 0 Å². The molecule has 1 aromatic heterocycles. The Labute approximate surface area is 116 Å². The lowest BCUT2D eigenvalue weighted by Gasteiger charge is -2.26. The number of benzene rings is 1. The predicted octanol–water partition coefficient (Wildman–Crippen LogP) is 1.25. The van der Waals surface area contributed by atoms with Gasteiger partial charge in [0.1, 0.15) is 18.2 Å². The number of imidazole rings is 1. The van der Waals surface area contributed by atoms with E-state index in [0.29, 0.717) is 19.8 Å². The van der Waals surface area contributed by atoms with Crippen molar-refractivity contribution in [3.05, 3.63) is 24.0 Å². The van der Waals surface area contributed by atoms with Gasteiger partial charge < -0.3 is 19.4 Å². The SMILES string of the molecule is COc1ccc2c(c1)nc1n2C(CNC(C)=O)COC1. The molecule has 1 atom stereocenters. The third-order valence-corrected chi connectivity index (χ3v) is 3.46. The number of hydrogen-bond acceptors (Lipinski definition) is 4. The van der Waals surface area contributed by atoms with E-state index in [1.165, 1.54) is 6.92 Å². The first-order chi connectivity index (χ1) is 9.69. The van der Waals surface area contributed by atoms with Crippen LogP contribution in [0, 0.1) is 0 Å². The monoisotopic (exact) mass is 275 g/mol. The predicted molar refractivity (Wildman–Crippen MR) is 73.7 cm³/mol. The number of nitrogens with zero attached hydrogens (tertiary/aromatic N) is 2. The van der Waals surface area contributed by atoms with E-state index < -0.39 is 0 Å². The first-order valence-electron chi connectivity index (χ1n) is 6.56. The smallest absolute Gasteiger partial charge is 0.216 e. The lowest BCUT2D eigenvalue weighted by Crippen LogP contribution is -2.34. The standard InChI is InChI=1S/C14H17N3O3/c1-9(18)15-6-10-7-20-8-14-16-12-5-11(19-2)3-4-13(12)17(10)14/h3-5,10H,6-8H2,1-2H3,(H,15,18). The zero-order valence-electron chi connectivity index (χ0n) is 11.5. The molecular weight excluding hydrogens is 258 g/mol. The maximum atomic E-state index is 11.1. The highest BCUT2D eigenvalue weighted by atomic mass is 16.5. The molecule has 0 spiro atoms. The minimum atomic E-state index is -0.0387. The van der Waals surface area contributed by atoms with Crippen LogP contribution < -0.4 is 10.1 Å². The highest BCUT2D eigenvalue weighted by Gasteiger charge is 2.24. The van der Waals surface area contributed by atoms with Gasteiger partial charge in [-0.15, -0.1) is 0 Å². The van der Waals surface area contributed by atoms with Crippen molar-refractivity contribution in [1.29, 1.82) is 0 Å². The number of aromatic nitrogens is 2. The summed E-state index contributed by atoms with van der Waals surface area (Å²) in [4.78, 5) is 15.7. The minimum absolute atomic E-state index is 0.0387. The van der Waals surface area contributed by atoms with Gasteiger partial charge in [-0.3, -0.25) is 4.79 Å². The molecule has 3 rings (SSSR count). The molecule has 0 radical (unpaired) electrons. The van der Waals surface area contributed by atoms with Gasteiger partial charge in [0.05, 0.1) is 30.8 Å². The normalized spacial score (nSPS) is 17.8. The summed E-state index contributed by atoms with van der Waals surface area (Å²) < 4.78 is 12.9. The molecule has 0 saturated carbocycles. The molecule has 0 saturated heterocycles. The van der Waals surface area contributed by atoms with Gasteiger partial charge in [0.25, 0.3) is 0 Å². The summed E-state index contributed by atoms with van der Waals surface area (Å²) in [5, 5.41) is 2.84. The lowest BCUT2D eigenvalue weighted by molar-refractivity contribution is -0.119. The number of ether oxygens (including phenoxy) is 2. The third-order valence-electron chi connectivity index (χ3n) is 3.46. The fourth-order valence-electron chi connectivity index (χ4n) is 2.54. The molecule has 1 aliphatic rings. The van der Waals surface area contributed by atoms with E-state index in [9.17, 15) is 4.79 Å². The minimum Gasteiger partial charge on any atom is -0.497 e. The van der Waals surface area contributed by atoms with E-state index in [1.54, 1.807) is 7.11 Å². The molecule has 1 aliphatic heterocycles. The van der Waals surface area contributed by atoms with Crippen LogP contribution >= 0.6 is 0 Å². The average molecular weight is 275 g/mol. The second kappa shape index (κ2) is 5.13. The molecule has 106 valence electrons. The number of rotatable bonds is 3. The molecule has 1 amide bonds. The molecule has 6 heteroatoms. The number of hydrogen-bond donors (Lipinski definition) is 1. The van der Waals surface area contributed by atoms with E-state index in [0.717, 1.165) is 22.6 Å². The number of nitrogens with one attached hydrogen (secondary N) is 1. The van der Waals surface area contributed by atoms with Gasteiger partial charge >= 0.3 is 0 Å². The van der Waals surface area contributed by atoms with Crippen molar-refractivity contribution < 1.29 is 14.3 Å². The first-order valence-corrected chi connectivity index (χ1v) is 6.56. The second-order valence-electron chi connectivity index (χ2n) is 4.86. The van der Waals surface area contributed by atoms with Crippen LogP contribution in [0.5, 0.6) is 5.75 Å². The summed E-state index contributed by atoms with van der Waals surface area (Å²) in [7, 11) is 1.64. The van der Waals surface area contributed by atoms with Crippen molar-refractivity contribution in [3.8, 4) is 5.75 Å². The summed E-state index contributed by atoms with van der Waals surface area (Å²) in [5.41, 5.74) is 1.93. The fraction of sp³-hybridized carbons (Fsp3) is 0.429. The quantitative estimate of drug-likeness (QED) is 0.915. The summed E-state index contributed by atoms with van der Waals surface area (Å²) in [5.74, 6) is 1.63. The number of fused-ring (bicyclic) bond motifs is 3. The molecular formula is C14H17N3O3. The zero-order chi connectivity index (χ0) is 14.1. The van der Waals surface area contributed by atoms with Crippen molar-refractivity contribution >= 4 is 16.9 Å². The van der Waals surface area contributed by atoms with Crippen LogP contribution in [0.2, 0.25) is 0 Å². The molecule has 20 heavy (non-hydrogen) atoms. The molecule has 2 heterocycles. The Balaban J connectivity index is 2.00. The molecule has 1 aromatic carbocycles.